The monoisotopic (exact) mass is 429 g/mol. The number of ether oxygens (including phenoxy) is 1. The standard InChI is InChI=1S/C27H31N3O2/c1-7-12-30-24-15-25(32-6)20(14-22(24)19(3)16-27(30,4)5)13-21(17-28)26(31)29-23-11-9-8-10-18(23)2/h8-11,13-16H,7,12H2,1-6H3,(H,29,31)/b21-13+. The van der Waals surface area contributed by atoms with Gasteiger partial charge in [0.15, 0.2) is 0 Å². The van der Waals surface area contributed by atoms with E-state index in [0.29, 0.717) is 17.0 Å². The van der Waals surface area contributed by atoms with Crippen LogP contribution in [0.3, 0.4) is 0 Å². The van der Waals surface area contributed by atoms with E-state index in [4.69, 9.17) is 4.74 Å². The lowest BCUT2D eigenvalue weighted by atomic mass is 9.87. The molecule has 1 aliphatic rings. The number of nitrogens with one attached hydrogen (secondary N) is 1. The summed E-state index contributed by atoms with van der Waals surface area (Å²) in [5.41, 5.74) is 5.59. The molecule has 166 valence electrons. The van der Waals surface area contributed by atoms with E-state index in [9.17, 15) is 10.1 Å². The third kappa shape index (κ3) is 4.55. The van der Waals surface area contributed by atoms with Crippen molar-refractivity contribution < 1.29 is 9.53 Å². The van der Waals surface area contributed by atoms with Crippen LogP contribution in [0.25, 0.3) is 11.6 Å². The Bertz CT molecular complexity index is 1140. The summed E-state index contributed by atoms with van der Waals surface area (Å²) in [5.74, 6) is 0.189. The fourth-order valence-corrected chi connectivity index (χ4v) is 4.25. The molecule has 0 bridgehead atoms. The van der Waals surface area contributed by atoms with E-state index in [1.165, 1.54) is 0 Å². The molecule has 1 heterocycles. The van der Waals surface area contributed by atoms with Gasteiger partial charge in [-0.3, -0.25) is 4.79 Å². The Morgan fingerprint density at radius 3 is 2.59 bits per heavy atom. The average molecular weight is 430 g/mol. The van der Waals surface area contributed by atoms with Crippen molar-refractivity contribution >= 4 is 28.9 Å². The van der Waals surface area contributed by atoms with E-state index in [1.807, 2.05) is 49.4 Å². The molecule has 1 N–H and O–H groups in total. The predicted octanol–water partition coefficient (Wildman–Crippen LogP) is 5.96. The Morgan fingerprint density at radius 2 is 1.97 bits per heavy atom. The van der Waals surface area contributed by atoms with Gasteiger partial charge in [0, 0.05) is 35.1 Å². The third-order valence-corrected chi connectivity index (χ3v) is 5.83. The lowest BCUT2D eigenvalue weighted by Gasteiger charge is -2.43. The van der Waals surface area contributed by atoms with Gasteiger partial charge in [0.25, 0.3) is 5.91 Å². The number of aryl methyl sites for hydroxylation is 1. The van der Waals surface area contributed by atoms with Crippen LogP contribution in [0.5, 0.6) is 5.75 Å². The molecule has 5 nitrogen and oxygen atoms in total. The molecule has 1 amide bonds. The summed E-state index contributed by atoms with van der Waals surface area (Å²) in [6.45, 7) is 11.5. The maximum Gasteiger partial charge on any atom is 0.266 e. The lowest BCUT2D eigenvalue weighted by Crippen LogP contribution is -2.45. The van der Waals surface area contributed by atoms with Crippen LogP contribution in [-0.2, 0) is 4.79 Å². The summed E-state index contributed by atoms with van der Waals surface area (Å²) >= 11 is 0. The summed E-state index contributed by atoms with van der Waals surface area (Å²) in [5, 5.41) is 12.5. The van der Waals surface area contributed by atoms with Crippen molar-refractivity contribution in [2.75, 3.05) is 23.9 Å². The summed E-state index contributed by atoms with van der Waals surface area (Å²) < 4.78 is 5.67. The molecule has 0 spiro atoms. The number of nitrogens with zero attached hydrogens (tertiary/aromatic N) is 2. The number of hydrogen-bond acceptors (Lipinski definition) is 4. The Kier molecular flexibility index (Phi) is 6.74. The van der Waals surface area contributed by atoms with Crippen LogP contribution in [0.1, 0.15) is 50.8 Å². The second-order valence-electron chi connectivity index (χ2n) is 8.68. The molecule has 0 aromatic heterocycles. The SMILES string of the molecule is CCCN1c2cc(OC)c(/C=C(\C#N)C(=O)Nc3ccccc3C)cc2C(C)=CC1(C)C. The Labute approximate surface area is 191 Å². The van der Waals surface area contributed by atoms with Gasteiger partial charge in [-0.2, -0.15) is 5.26 Å². The number of nitriles is 1. The minimum Gasteiger partial charge on any atom is -0.496 e. The molecule has 2 aromatic rings. The zero-order valence-corrected chi connectivity index (χ0v) is 19.7. The van der Waals surface area contributed by atoms with E-state index >= 15 is 0 Å². The van der Waals surface area contributed by atoms with Crippen molar-refractivity contribution in [3.8, 4) is 11.8 Å². The highest BCUT2D eigenvalue weighted by Gasteiger charge is 2.31. The van der Waals surface area contributed by atoms with Crippen molar-refractivity contribution in [1.82, 2.24) is 0 Å². The molecule has 0 fully saturated rings. The van der Waals surface area contributed by atoms with E-state index in [2.05, 4.69) is 44.0 Å². The summed E-state index contributed by atoms with van der Waals surface area (Å²) in [6, 6.07) is 13.6. The van der Waals surface area contributed by atoms with Gasteiger partial charge in [-0.15, -0.1) is 0 Å². The van der Waals surface area contributed by atoms with Gasteiger partial charge in [0.2, 0.25) is 0 Å². The number of benzene rings is 2. The first-order valence-corrected chi connectivity index (χ1v) is 10.9. The maximum atomic E-state index is 12.8. The van der Waals surface area contributed by atoms with Gasteiger partial charge in [-0.05, 0) is 63.5 Å². The van der Waals surface area contributed by atoms with Crippen molar-refractivity contribution in [3.05, 3.63) is 64.7 Å². The smallest absolute Gasteiger partial charge is 0.266 e. The lowest BCUT2D eigenvalue weighted by molar-refractivity contribution is -0.112. The number of carbonyl (C=O) groups excluding carboxylic acids is 1. The zero-order valence-electron chi connectivity index (χ0n) is 19.7. The summed E-state index contributed by atoms with van der Waals surface area (Å²) in [6.07, 6.45) is 4.89. The first-order chi connectivity index (χ1) is 15.2. The second kappa shape index (κ2) is 9.32. The molecule has 0 saturated carbocycles. The van der Waals surface area contributed by atoms with Gasteiger partial charge in [-0.25, -0.2) is 0 Å². The molecule has 0 aliphatic carbocycles. The third-order valence-electron chi connectivity index (χ3n) is 5.83. The molecular weight excluding hydrogens is 398 g/mol. The number of methoxy groups -OCH3 is 1. The van der Waals surface area contributed by atoms with E-state index in [1.54, 1.807) is 13.2 Å². The molecule has 1 aliphatic heterocycles. The first kappa shape index (κ1) is 23.1. The fourth-order valence-electron chi connectivity index (χ4n) is 4.25. The molecular formula is C27H31N3O2. The van der Waals surface area contributed by atoms with Gasteiger partial charge in [0.05, 0.1) is 12.6 Å². The Hall–Kier alpha value is -3.52. The van der Waals surface area contributed by atoms with Crippen molar-refractivity contribution in [2.45, 2.75) is 46.6 Å². The van der Waals surface area contributed by atoms with Crippen molar-refractivity contribution in [1.29, 1.82) is 5.26 Å². The van der Waals surface area contributed by atoms with E-state index < -0.39 is 5.91 Å². The second-order valence-corrected chi connectivity index (χ2v) is 8.68. The van der Waals surface area contributed by atoms with Crippen LogP contribution in [-0.4, -0.2) is 25.1 Å². The molecule has 0 unspecified atom stereocenters. The number of allylic oxidation sites excluding steroid dienone is 1. The van der Waals surface area contributed by atoms with Crippen LogP contribution < -0.4 is 15.0 Å². The zero-order chi connectivity index (χ0) is 23.5. The number of hydrogen-bond donors (Lipinski definition) is 1. The highest BCUT2D eigenvalue weighted by Crippen LogP contribution is 2.42. The fraction of sp³-hybridized carbons (Fsp3) is 0.333. The molecule has 0 radical (unpaired) electrons. The van der Waals surface area contributed by atoms with E-state index in [0.717, 1.165) is 35.4 Å². The Morgan fingerprint density at radius 1 is 1.25 bits per heavy atom. The highest BCUT2D eigenvalue weighted by atomic mass is 16.5. The number of carbonyl (C=O) groups is 1. The van der Waals surface area contributed by atoms with Gasteiger partial charge < -0.3 is 15.0 Å². The summed E-state index contributed by atoms with van der Waals surface area (Å²) in [7, 11) is 1.61. The number of para-hydroxylation sites is 1. The molecule has 0 atom stereocenters. The number of amides is 1. The van der Waals surface area contributed by atoms with E-state index in [-0.39, 0.29) is 11.1 Å². The molecule has 32 heavy (non-hydrogen) atoms. The Balaban J connectivity index is 2.05. The minimum atomic E-state index is -0.442. The minimum absolute atomic E-state index is 0.0229. The largest absolute Gasteiger partial charge is 0.496 e. The highest BCUT2D eigenvalue weighted by molar-refractivity contribution is 6.10. The molecule has 5 heteroatoms. The van der Waals surface area contributed by atoms with Crippen LogP contribution >= 0.6 is 0 Å². The van der Waals surface area contributed by atoms with Crippen molar-refractivity contribution in [2.24, 2.45) is 0 Å². The number of rotatable bonds is 6. The van der Waals surface area contributed by atoms with Gasteiger partial charge in [-0.1, -0.05) is 31.2 Å². The van der Waals surface area contributed by atoms with Gasteiger partial charge >= 0.3 is 0 Å². The molecule has 0 saturated heterocycles. The topological polar surface area (TPSA) is 65.4 Å². The van der Waals surface area contributed by atoms with Crippen molar-refractivity contribution in [3.63, 3.8) is 0 Å². The van der Waals surface area contributed by atoms with Crippen LogP contribution in [0.4, 0.5) is 11.4 Å². The number of anilines is 2. The maximum absolute atomic E-state index is 12.8. The molecule has 3 rings (SSSR count). The normalized spacial score (nSPS) is 14.8. The molecule has 2 aromatic carbocycles. The van der Waals surface area contributed by atoms with Crippen LogP contribution in [0.2, 0.25) is 0 Å². The predicted molar refractivity (Wildman–Crippen MR) is 132 cm³/mol. The van der Waals surface area contributed by atoms with Gasteiger partial charge in [0.1, 0.15) is 17.4 Å². The quantitative estimate of drug-likeness (QED) is 0.454. The van der Waals surface area contributed by atoms with Crippen LogP contribution in [0.15, 0.2) is 48.0 Å². The first-order valence-electron chi connectivity index (χ1n) is 10.9. The average Bonchev–Trinajstić information content (AvgIpc) is 2.75. The summed E-state index contributed by atoms with van der Waals surface area (Å²) in [4.78, 5) is 15.2. The van der Waals surface area contributed by atoms with Crippen LogP contribution in [0, 0.1) is 18.3 Å². The number of fused-ring (bicyclic) bond motifs is 1.